The van der Waals surface area contributed by atoms with Crippen molar-refractivity contribution < 1.29 is 9.47 Å². The number of fused-ring (bicyclic) bond motifs is 1. The predicted molar refractivity (Wildman–Crippen MR) is 120 cm³/mol. The summed E-state index contributed by atoms with van der Waals surface area (Å²) in [5.74, 6) is 0.794. The fraction of sp³-hybridized carbons (Fsp3) is 0.522. The molecule has 0 bridgehead atoms. The highest BCUT2D eigenvalue weighted by Gasteiger charge is 2.25. The molecule has 1 saturated heterocycles. The topological polar surface area (TPSA) is 85.3 Å². The number of morpholine rings is 1. The lowest BCUT2D eigenvalue weighted by Crippen LogP contribution is -2.41. The molecule has 164 valence electrons. The highest BCUT2D eigenvalue weighted by Crippen LogP contribution is 2.32. The Morgan fingerprint density at radius 2 is 1.94 bits per heavy atom. The van der Waals surface area contributed by atoms with Gasteiger partial charge in [0.1, 0.15) is 22.8 Å². The van der Waals surface area contributed by atoms with Crippen LogP contribution in [0.15, 0.2) is 29.1 Å². The highest BCUT2D eigenvalue weighted by atomic mass is 16.5. The third-order valence-corrected chi connectivity index (χ3v) is 6.09. The fourth-order valence-electron chi connectivity index (χ4n) is 4.58. The van der Waals surface area contributed by atoms with Crippen molar-refractivity contribution in [2.24, 2.45) is 0 Å². The second-order valence-electron chi connectivity index (χ2n) is 8.65. The van der Waals surface area contributed by atoms with Crippen LogP contribution in [0, 0.1) is 0 Å². The van der Waals surface area contributed by atoms with Gasteiger partial charge >= 0.3 is 0 Å². The van der Waals surface area contributed by atoms with E-state index < -0.39 is 0 Å². The number of nitrogens with one attached hydrogen (secondary N) is 1. The Balaban J connectivity index is 1.64. The van der Waals surface area contributed by atoms with Crippen molar-refractivity contribution in [1.29, 1.82) is 0 Å². The van der Waals surface area contributed by atoms with Crippen molar-refractivity contribution in [2.75, 3.05) is 31.2 Å². The smallest absolute Gasteiger partial charge is 0.290 e. The molecule has 2 aliphatic rings. The first kappa shape index (κ1) is 20.1. The summed E-state index contributed by atoms with van der Waals surface area (Å²) in [7, 11) is 0. The number of aromatic amines is 1. The molecule has 1 saturated carbocycles. The van der Waals surface area contributed by atoms with Crippen molar-refractivity contribution in [3.8, 4) is 17.1 Å². The van der Waals surface area contributed by atoms with Crippen molar-refractivity contribution in [3.63, 3.8) is 0 Å². The van der Waals surface area contributed by atoms with Gasteiger partial charge in [-0.1, -0.05) is 12.8 Å². The zero-order chi connectivity index (χ0) is 21.4. The maximum absolute atomic E-state index is 13.4. The molecule has 1 N–H and O–H groups in total. The minimum Gasteiger partial charge on any atom is -0.491 e. The monoisotopic (exact) mass is 423 g/mol. The maximum atomic E-state index is 13.4. The molecule has 0 unspecified atom stereocenters. The van der Waals surface area contributed by atoms with Crippen LogP contribution in [0.3, 0.4) is 0 Å². The minimum absolute atomic E-state index is 0.0128. The third kappa shape index (κ3) is 3.92. The first-order chi connectivity index (χ1) is 15.1. The first-order valence-corrected chi connectivity index (χ1v) is 11.2. The summed E-state index contributed by atoms with van der Waals surface area (Å²) in [6, 6.07) is 7.95. The summed E-state index contributed by atoms with van der Waals surface area (Å²) in [6.07, 6.45) is 4.34. The second-order valence-corrected chi connectivity index (χ2v) is 8.65. The van der Waals surface area contributed by atoms with E-state index in [1.54, 1.807) is 4.68 Å². The number of anilines is 1. The van der Waals surface area contributed by atoms with Crippen LogP contribution in [-0.4, -0.2) is 52.4 Å². The van der Waals surface area contributed by atoms with Crippen LogP contribution >= 0.6 is 0 Å². The summed E-state index contributed by atoms with van der Waals surface area (Å²) >= 11 is 0. The van der Waals surface area contributed by atoms with Gasteiger partial charge in [-0.2, -0.15) is 10.2 Å². The lowest BCUT2D eigenvalue weighted by Gasteiger charge is -2.29. The summed E-state index contributed by atoms with van der Waals surface area (Å²) in [5, 5.41) is 13.4. The van der Waals surface area contributed by atoms with Gasteiger partial charge in [-0.25, -0.2) is 4.68 Å². The Morgan fingerprint density at radius 1 is 1.16 bits per heavy atom. The van der Waals surface area contributed by atoms with Gasteiger partial charge in [0.15, 0.2) is 0 Å². The lowest BCUT2D eigenvalue weighted by atomic mass is 10.1. The zero-order valence-corrected chi connectivity index (χ0v) is 18.1. The average Bonchev–Trinajstić information content (AvgIpc) is 3.44. The molecule has 0 amide bonds. The molecule has 1 aromatic carbocycles. The van der Waals surface area contributed by atoms with Gasteiger partial charge in [0.25, 0.3) is 5.56 Å². The van der Waals surface area contributed by atoms with Crippen LogP contribution in [0.1, 0.15) is 45.6 Å². The Morgan fingerprint density at radius 3 is 2.68 bits per heavy atom. The van der Waals surface area contributed by atoms with E-state index in [9.17, 15) is 4.79 Å². The number of ether oxygens (including phenoxy) is 2. The molecule has 2 fully saturated rings. The van der Waals surface area contributed by atoms with Gasteiger partial charge in [0.2, 0.25) is 0 Å². The lowest BCUT2D eigenvalue weighted by molar-refractivity contribution is 0.122. The normalized spacial score (nSPS) is 17.7. The molecule has 1 aliphatic heterocycles. The van der Waals surface area contributed by atoms with Crippen LogP contribution in [-0.2, 0) is 4.74 Å². The standard InChI is InChI=1S/C23H29N5O3/c1-15(2)31-17-7-8-19-18(13-17)22(25-24-19)20-14-21(27-9-11-30-12-10-27)23(29)28(26-20)16-5-3-4-6-16/h7-8,13-16H,3-6,9-12H2,1-2H3,(H,24,25). The van der Waals surface area contributed by atoms with E-state index >= 15 is 0 Å². The Labute approximate surface area is 181 Å². The van der Waals surface area contributed by atoms with Crippen molar-refractivity contribution >= 4 is 16.6 Å². The van der Waals surface area contributed by atoms with Gasteiger partial charge in [-0.05, 0) is 51.0 Å². The molecule has 2 aromatic heterocycles. The number of hydrogen-bond acceptors (Lipinski definition) is 6. The van der Waals surface area contributed by atoms with Gasteiger partial charge in [-0.3, -0.25) is 9.89 Å². The molecule has 0 spiro atoms. The third-order valence-electron chi connectivity index (χ3n) is 6.09. The van der Waals surface area contributed by atoms with Gasteiger partial charge in [0, 0.05) is 18.5 Å². The molecule has 0 radical (unpaired) electrons. The highest BCUT2D eigenvalue weighted by molar-refractivity contribution is 5.93. The molecular formula is C23H29N5O3. The van der Waals surface area contributed by atoms with E-state index in [2.05, 4.69) is 15.1 Å². The summed E-state index contributed by atoms with van der Waals surface area (Å²) < 4.78 is 13.1. The molecule has 3 aromatic rings. The minimum atomic E-state index is -0.0128. The Bertz CT molecular complexity index is 1120. The van der Waals surface area contributed by atoms with Gasteiger partial charge in [-0.15, -0.1) is 0 Å². The predicted octanol–water partition coefficient (Wildman–Crippen LogP) is 3.53. The molecule has 5 rings (SSSR count). The van der Waals surface area contributed by atoms with Crippen molar-refractivity contribution in [1.82, 2.24) is 20.0 Å². The number of aromatic nitrogens is 4. The van der Waals surface area contributed by atoms with Crippen LogP contribution in [0.4, 0.5) is 5.69 Å². The SMILES string of the molecule is CC(C)Oc1ccc2[nH]nc(-c3cc(N4CCOCC4)c(=O)n(C4CCCC4)n3)c2c1. The van der Waals surface area contributed by atoms with Crippen LogP contribution < -0.4 is 15.2 Å². The van der Waals surface area contributed by atoms with E-state index in [0.29, 0.717) is 37.7 Å². The van der Waals surface area contributed by atoms with E-state index in [4.69, 9.17) is 14.6 Å². The number of rotatable bonds is 5. The number of benzene rings is 1. The fourth-order valence-corrected chi connectivity index (χ4v) is 4.58. The summed E-state index contributed by atoms with van der Waals surface area (Å²) in [5.41, 5.74) is 3.04. The van der Waals surface area contributed by atoms with Crippen LogP contribution in [0.2, 0.25) is 0 Å². The largest absolute Gasteiger partial charge is 0.491 e. The molecule has 31 heavy (non-hydrogen) atoms. The second kappa shape index (κ2) is 8.34. The van der Waals surface area contributed by atoms with E-state index in [1.165, 1.54) is 0 Å². The first-order valence-electron chi connectivity index (χ1n) is 11.2. The van der Waals surface area contributed by atoms with Crippen molar-refractivity contribution in [2.45, 2.75) is 51.7 Å². The number of H-pyrrole nitrogens is 1. The van der Waals surface area contributed by atoms with Crippen LogP contribution in [0.25, 0.3) is 22.3 Å². The Kier molecular flexibility index (Phi) is 5.40. The summed E-state index contributed by atoms with van der Waals surface area (Å²) in [4.78, 5) is 15.5. The maximum Gasteiger partial charge on any atom is 0.290 e. The average molecular weight is 424 g/mol. The Hall–Kier alpha value is -2.87. The molecule has 8 nitrogen and oxygen atoms in total. The molecule has 1 aliphatic carbocycles. The number of hydrogen-bond donors (Lipinski definition) is 1. The molecule has 0 atom stereocenters. The molecule has 8 heteroatoms. The van der Waals surface area contributed by atoms with E-state index in [1.807, 2.05) is 38.1 Å². The van der Waals surface area contributed by atoms with Crippen LogP contribution in [0.5, 0.6) is 5.75 Å². The van der Waals surface area contributed by atoms with E-state index in [0.717, 1.165) is 48.0 Å². The van der Waals surface area contributed by atoms with Gasteiger partial charge < -0.3 is 14.4 Å². The number of nitrogens with zero attached hydrogens (tertiary/aromatic N) is 4. The summed E-state index contributed by atoms with van der Waals surface area (Å²) in [6.45, 7) is 6.68. The zero-order valence-electron chi connectivity index (χ0n) is 18.1. The van der Waals surface area contributed by atoms with Gasteiger partial charge in [0.05, 0.1) is 30.9 Å². The quantitative estimate of drug-likeness (QED) is 0.676. The molecular weight excluding hydrogens is 394 g/mol. The van der Waals surface area contributed by atoms with E-state index in [-0.39, 0.29) is 17.7 Å². The van der Waals surface area contributed by atoms with Crippen molar-refractivity contribution in [3.05, 3.63) is 34.6 Å². The molecule has 3 heterocycles.